The van der Waals surface area contributed by atoms with Crippen LogP contribution in [0.1, 0.15) is 28.8 Å². The van der Waals surface area contributed by atoms with E-state index in [0.717, 1.165) is 31.5 Å². The molecule has 20 heavy (non-hydrogen) atoms. The van der Waals surface area contributed by atoms with Crippen molar-refractivity contribution in [2.75, 3.05) is 30.2 Å². The Labute approximate surface area is 119 Å². The minimum Gasteiger partial charge on any atom is -0.339 e. The zero-order valence-electron chi connectivity index (χ0n) is 11.5. The van der Waals surface area contributed by atoms with Crippen LogP contribution in [0.25, 0.3) is 0 Å². The Morgan fingerprint density at radius 1 is 1.15 bits per heavy atom. The number of anilines is 1. The van der Waals surface area contributed by atoms with E-state index in [0.29, 0.717) is 24.2 Å². The summed E-state index contributed by atoms with van der Waals surface area (Å²) in [6.07, 6.45) is 4.02. The molecule has 0 atom stereocenters. The number of fused-ring (bicyclic) bond motifs is 1. The number of amides is 1. The highest BCUT2D eigenvalue weighted by Crippen LogP contribution is 2.31. The molecule has 1 saturated heterocycles. The van der Waals surface area contributed by atoms with Crippen molar-refractivity contribution < 1.29 is 13.2 Å². The molecule has 108 valence electrons. The van der Waals surface area contributed by atoms with Gasteiger partial charge in [0, 0.05) is 25.2 Å². The van der Waals surface area contributed by atoms with Crippen LogP contribution in [0, 0.1) is 0 Å². The van der Waals surface area contributed by atoms with Crippen LogP contribution in [0.2, 0.25) is 0 Å². The van der Waals surface area contributed by atoms with Gasteiger partial charge < -0.3 is 4.90 Å². The Hall–Kier alpha value is -1.56. The highest BCUT2D eigenvalue weighted by Gasteiger charge is 2.27. The maximum absolute atomic E-state index is 12.3. The molecule has 3 rings (SSSR count). The molecule has 0 unspecified atom stereocenters. The predicted molar refractivity (Wildman–Crippen MR) is 77.5 cm³/mol. The molecule has 2 heterocycles. The van der Waals surface area contributed by atoms with Gasteiger partial charge in [-0.05, 0) is 43.0 Å². The number of hydrogen-bond donors (Lipinski definition) is 0. The van der Waals surface area contributed by atoms with Crippen LogP contribution in [-0.2, 0) is 16.4 Å². The fourth-order valence-electron chi connectivity index (χ4n) is 2.95. The molecule has 5 nitrogen and oxygen atoms in total. The van der Waals surface area contributed by atoms with Crippen molar-refractivity contribution in [1.29, 1.82) is 0 Å². The van der Waals surface area contributed by atoms with Gasteiger partial charge in [-0.1, -0.05) is 0 Å². The molecular weight excluding hydrogens is 276 g/mol. The van der Waals surface area contributed by atoms with E-state index in [4.69, 9.17) is 0 Å². The number of carbonyl (C=O) groups is 1. The number of hydrogen-bond acceptors (Lipinski definition) is 3. The number of nitrogens with zero attached hydrogens (tertiary/aromatic N) is 2. The molecule has 1 aromatic rings. The fraction of sp³-hybridized carbons (Fsp3) is 0.500. The molecule has 1 aromatic carbocycles. The van der Waals surface area contributed by atoms with Gasteiger partial charge in [0.05, 0.1) is 11.9 Å². The molecule has 0 aromatic heterocycles. The first-order valence-electron chi connectivity index (χ1n) is 6.87. The minimum absolute atomic E-state index is 0.0584. The standard InChI is InChI=1S/C14H18N2O3S/c1-20(18,19)16-9-6-11-10-12(4-5-13(11)16)14(17)15-7-2-3-8-15/h4-5,10H,2-3,6-9H2,1H3. The van der Waals surface area contributed by atoms with Gasteiger partial charge in [-0.2, -0.15) is 0 Å². The van der Waals surface area contributed by atoms with E-state index in [9.17, 15) is 13.2 Å². The van der Waals surface area contributed by atoms with Crippen molar-refractivity contribution in [2.45, 2.75) is 19.3 Å². The number of benzene rings is 1. The highest BCUT2D eigenvalue weighted by molar-refractivity contribution is 7.92. The van der Waals surface area contributed by atoms with Crippen molar-refractivity contribution in [1.82, 2.24) is 4.90 Å². The van der Waals surface area contributed by atoms with Gasteiger partial charge in [0.15, 0.2) is 0 Å². The monoisotopic (exact) mass is 294 g/mol. The second kappa shape index (κ2) is 4.77. The number of likely N-dealkylation sites (tertiary alicyclic amines) is 1. The minimum atomic E-state index is -3.23. The summed E-state index contributed by atoms with van der Waals surface area (Å²) in [7, 11) is -3.23. The quantitative estimate of drug-likeness (QED) is 0.824. The summed E-state index contributed by atoms with van der Waals surface area (Å²) in [5.74, 6) is 0.0584. The first kappa shape index (κ1) is 13.4. The van der Waals surface area contributed by atoms with Crippen molar-refractivity contribution in [3.63, 3.8) is 0 Å². The summed E-state index contributed by atoms with van der Waals surface area (Å²) < 4.78 is 24.8. The normalized spacial score (nSPS) is 18.4. The third-order valence-corrected chi connectivity index (χ3v) is 5.15. The molecule has 0 spiro atoms. The summed E-state index contributed by atoms with van der Waals surface area (Å²) in [5.41, 5.74) is 2.33. The molecule has 2 aliphatic rings. The van der Waals surface area contributed by atoms with Crippen LogP contribution in [0.3, 0.4) is 0 Å². The van der Waals surface area contributed by atoms with Crippen LogP contribution in [0.4, 0.5) is 5.69 Å². The lowest BCUT2D eigenvalue weighted by molar-refractivity contribution is 0.0793. The Kier molecular flexibility index (Phi) is 3.20. The molecule has 0 saturated carbocycles. The fourth-order valence-corrected chi connectivity index (χ4v) is 3.91. The van der Waals surface area contributed by atoms with Crippen LogP contribution < -0.4 is 4.31 Å². The molecule has 0 N–H and O–H groups in total. The van der Waals surface area contributed by atoms with Gasteiger partial charge in [0.2, 0.25) is 10.0 Å². The molecule has 0 radical (unpaired) electrons. The molecule has 6 heteroatoms. The van der Waals surface area contributed by atoms with Gasteiger partial charge >= 0.3 is 0 Å². The summed E-state index contributed by atoms with van der Waals surface area (Å²) in [5, 5.41) is 0. The van der Waals surface area contributed by atoms with E-state index >= 15 is 0 Å². The lowest BCUT2D eigenvalue weighted by Gasteiger charge is -2.18. The van der Waals surface area contributed by atoms with E-state index in [2.05, 4.69) is 0 Å². The average Bonchev–Trinajstić information content (AvgIpc) is 3.05. The molecular formula is C14H18N2O3S. The second-order valence-electron chi connectivity index (χ2n) is 5.43. The predicted octanol–water partition coefficient (Wildman–Crippen LogP) is 1.24. The smallest absolute Gasteiger partial charge is 0.253 e. The van der Waals surface area contributed by atoms with Gasteiger partial charge in [-0.25, -0.2) is 8.42 Å². The van der Waals surface area contributed by atoms with Crippen molar-refractivity contribution >= 4 is 21.6 Å². The SMILES string of the molecule is CS(=O)(=O)N1CCc2cc(C(=O)N3CCCC3)ccc21. The van der Waals surface area contributed by atoms with E-state index in [1.807, 2.05) is 11.0 Å². The Morgan fingerprint density at radius 2 is 1.85 bits per heavy atom. The lowest BCUT2D eigenvalue weighted by Crippen LogP contribution is -2.28. The molecule has 1 amide bonds. The number of sulfonamides is 1. The van der Waals surface area contributed by atoms with Crippen molar-refractivity contribution in [2.24, 2.45) is 0 Å². The van der Waals surface area contributed by atoms with Gasteiger partial charge in [0.1, 0.15) is 0 Å². The van der Waals surface area contributed by atoms with Gasteiger partial charge in [0.25, 0.3) is 5.91 Å². The molecule has 0 aliphatic carbocycles. The maximum atomic E-state index is 12.3. The zero-order valence-corrected chi connectivity index (χ0v) is 12.3. The first-order chi connectivity index (χ1) is 9.47. The summed E-state index contributed by atoms with van der Waals surface area (Å²) in [4.78, 5) is 14.2. The summed E-state index contributed by atoms with van der Waals surface area (Å²) in [6.45, 7) is 2.12. The van der Waals surface area contributed by atoms with Crippen LogP contribution >= 0.6 is 0 Å². The third-order valence-electron chi connectivity index (χ3n) is 3.97. The van der Waals surface area contributed by atoms with Gasteiger partial charge in [-0.3, -0.25) is 9.10 Å². The first-order valence-corrected chi connectivity index (χ1v) is 8.71. The van der Waals surface area contributed by atoms with E-state index in [1.165, 1.54) is 10.6 Å². The molecule has 0 bridgehead atoms. The highest BCUT2D eigenvalue weighted by atomic mass is 32.2. The third kappa shape index (κ3) is 2.28. The van der Waals surface area contributed by atoms with Crippen LogP contribution in [0.5, 0.6) is 0 Å². The Morgan fingerprint density at radius 3 is 2.50 bits per heavy atom. The van der Waals surface area contributed by atoms with E-state index < -0.39 is 10.0 Å². The van der Waals surface area contributed by atoms with Crippen molar-refractivity contribution in [3.8, 4) is 0 Å². The van der Waals surface area contributed by atoms with Gasteiger partial charge in [-0.15, -0.1) is 0 Å². The maximum Gasteiger partial charge on any atom is 0.253 e. The topological polar surface area (TPSA) is 57.7 Å². The number of rotatable bonds is 2. The number of carbonyl (C=O) groups excluding carboxylic acids is 1. The summed E-state index contributed by atoms with van der Waals surface area (Å²) >= 11 is 0. The van der Waals surface area contributed by atoms with Crippen LogP contribution in [-0.4, -0.2) is 45.1 Å². The summed E-state index contributed by atoms with van der Waals surface area (Å²) in [6, 6.07) is 5.34. The van der Waals surface area contributed by atoms with E-state index in [1.54, 1.807) is 12.1 Å². The second-order valence-corrected chi connectivity index (χ2v) is 7.33. The van der Waals surface area contributed by atoms with Crippen molar-refractivity contribution in [3.05, 3.63) is 29.3 Å². The lowest BCUT2D eigenvalue weighted by atomic mass is 10.1. The Balaban J connectivity index is 1.89. The van der Waals surface area contributed by atoms with Crippen LogP contribution in [0.15, 0.2) is 18.2 Å². The molecule has 2 aliphatic heterocycles. The zero-order chi connectivity index (χ0) is 14.3. The largest absolute Gasteiger partial charge is 0.339 e. The molecule has 1 fully saturated rings. The van der Waals surface area contributed by atoms with E-state index in [-0.39, 0.29) is 5.91 Å². The average molecular weight is 294 g/mol. The Bertz CT molecular complexity index is 648.